The lowest BCUT2D eigenvalue weighted by Crippen LogP contribution is -2.41. The molecule has 0 radical (unpaired) electrons. The zero-order valence-electron chi connectivity index (χ0n) is 15.4. The normalized spacial score (nSPS) is 19.0. The molecule has 2 aliphatic rings. The number of hydrogen-bond acceptors (Lipinski definition) is 4. The highest BCUT2D eigenvalue weighted by Gasteiger charge is 2.31. The first-order valence-electron chi connectivity index (χ1n) is 9.75. The molecule has 1 aliphatic heterocycles. The average molecular weight is 350 g/mol. The van der Waals surface area contributed by atoms with E-state index in [-0.39, 0.29) is 5.92 Å². The summed E-state index contributed by atoms with van der Waals surface area (Å²) in [4.78, 5) is 28.1. The Morgan fingerprint density at radius 2 is 1.77 bits per heavy atom. The van der Waals surface area contributed by atoms with Crippen LogP contribution in [-0.2, 0) is 4.79 Å². The molecule has 5 nitrogen and oxygen atoms in total. The fourth-order valence-corrected chi connectivity index (χ4v) is 4.36. The Bertz CT molecular complexity index is 763. The Hall–Kier alpha value is -2.30. The Morgan fingerprint density at radius 1 is 1.08 bits per heavy atom. The quantitative estimate of drug-likeness (QED) is 0.846. The minimum atomic E-state index is 0.278. The van der Waals surface area contributed by atoms with E-state index in [0.29, 0.717) is 11.8 Å². The van der Waals surface area contributed by atoms with Gasteiger partial charge < -0.3 is 4.90 Å². The van der Waals surface area contributed by atoms with Gasteiger partial charge in [-0.1, -0.05) is 12.8 Å². The molecular weight excluding hydrogens is 324 g/mol. The number of piperidine rings is 1. The van der Waals surface area contributed by atoms with Crippen molar-refractivity contribution in [3.8, 4) is 11.1 Å². The summed E-state index contributed by atoms with van der Waals surface area (Å²) < 4.78 is 0. The molecule has 0 bridgehead atoms. The molecule has 1 aliphatic carbocycles. The number of nitrogens with zero attached hydrogens (tertiary/aromatic N) is 4. The van der Waals surface area contributed by atoms with Gasteiger partial charge in [-0.3, -0.25) is 9.78 Å². The number of likely N-dealkylation sites (tertiary alicyclic amines) is 1. The van der Waals surface area contributed by atoms with E-state index in [1.165, 1.54) is 12.8 Å². The monoisotopic (exact) mass is 350 g/mol. The minimum absolute atomic E-state index is 0.278. The van der Waals surface area contributed by atoms with E-state index in [4.69, 9.17) is 4.98 Å². The van der Waals surface area contributed by atoms with Crippen molar-refractivity contribution in [3.05, 3.63) is 42.2 Å². The lowest BCUT2D eigenvalue weighted by molar-refractivity contribution is -0.136. The SMILES string of the molecule is Cc1ncc(-c2ccncc2)c(C2CCN(C(=O)C3CCCC3)CC2)n1. The van der Waals surface area contributed by atoms with Crippen LogP contribution in [0.15, 0.2) is 30.7 Å². The average Bonchev–Trinajstić information content (AvgIpc) is 3.23. The number of carbonyl (C=O) groups excluding carboxylic acids is 1. The lowest BCUT2D eigenvalue weighted by Gasteiger charge is -2.34. The number of amides is 1. The maximum atomic E-state index is 12.7. The highest BCUT2D eigenvalue weighted by atomic mass is 16.2. The van der Waals surface area contributed by atoms with Gasteiger partial charge in [-0.2, -0.15) is 0 Å². The van der Waals surface area contributed by atoms with Gasteiger partial charge in [-0.25, -0.2) is 9.97 Å². The highest BCUT2D eigenvalue weighted by molar-refractivity contribution is 5.79. The molecule has 1 saturated carbocycles. The van der Waals surface area contributed by atoms with E-state index in [0.717, 1.165) is 61.4 Å². The second kappa shape index (κ2) is 7.52. The molecule has 5 heteroatoms. The van der Waals surface area contributed by atoms with E-state index >= 15 is 0 Å². The Morgan fingerprint density at radius 3 is 2.46 bits per heavy atom. The highest BCUT2D eigenvalue weighted by Crippen LogP contribution is 2.35. The van der Waals surface area contributed by atoms with Gasteiger partial charge in [0.05, 0.1) is 5.69 Å². The predicted octanol–water partition coefficient (Wildman–Crippen LogP) is 3.74. The van der Waals surface area contributed by atoms with Gasteiger partial charge in [-0.15, -0.1) is 0 Å². The van der Waals surface area contributed by atoms with Gasteiger partial charge in [0, 0.05) is 49.1 Å². The summed E-state index contributed by atoms with van der Waals surface area (Å²) in [6.07, 6.45) is 12.1. The van der Waals surface area contributed by atoms with Crippen molar-refractivity contribution in [1.82, 2.24) is 19.9 Å². The van der Waals surface area contributed by atoms with E-state index in [1.54, 1.807) is 0 Å². The predicted molar refractivity (Wildman–Crippen MR) is 101 cm³/mol. The first-order chi connectivity index (χ1) is 12.7. The summed E-state index contributed by atoms with van der Waals surface area (Å²) in [5.41, 5.74) is 3.33. The van der Waals surface area contributed by atoms with Crippen LogP contribution in [0.3, 0.4) is 0 Å². The third-order valence-electron chi connectivity index (χ3n) is 5.83. The summed E-state index contributed by atoms with van der Waals surface area (Å²) in [7, 11) is 0. The van der Waals surface area contributed by atoms with Gasteiger partial charge in [-0.05, 0) is 50.3 Å². The fraction of sp³-hybridized carbons (Fsp3) is 0.524. The van der Waals surface area contributed by atoms with Crippen LogP contribution in [0, 0.1) is 12.8 Å². The summed E-state index contributed by atoms with van der Waals surface area (Å²) in [6, 6.07) is 4.02. The van der Waals surface area contributed by atoms with E-state index in [1.807, 2.05) is 37.6 Å². The van der Waals surface area contributed by atoms with Crippen molar-refractivity contribution in [2.24, 2.45) is 5.92 Å². The van der Waals surface area contributed by atoms with Gasteiger partial charge in [0.15, 0.2) is 0 Å². The van der Waals surface area contributed by atoms with Crippen molar-refractivity contribution in [2.45, 2.75) is 51.4 Å². The Labute approximate surface area is 154 Å². The number of carbonyl (C=O) groups is 1. The smallest absolute Gasteiger partial charge is 0.225 e. The van der Waals surface area contributed by atoms with Crippen molar-refractivity contribution < 1.29 is 4.79 Å². The first-order valence-corrected chi connectivity index (χ1v) is 9.75. The molecule has 0 spiro atoms. The van der Waals surface area contributed by atoms with E-state index < -0.39 is 0 Å². The number of pyridine rings is 1. The molecule has 2 fully saturated rings. The van der Waals surface area contributed by atoms with E-state index in [9.17, 15) is 4.79 Å². The molecule has 26 heavy (non-hydrogen) atoms. The largest absolute Gasteiger partial charge is 0.342 e. The number of aryl methyl sites for hydroxylation is 1. The van der Waals surface area contributed by atoms with Crippen LogP contribution in [0.5, 0.6) is 0 Å². The maximum absolute atomic E-state index is 12.7. The first kappa shape index (κ1) is 17.1. The Kier molecular flexibility index (Phi) is 4.96. The maximum Gasteiger partial charge on any atom is 0.225 e. The van der Waals surface area contributed by atoms with Crippen molar-refractivity contribution in [3.63, 3.8) is 0 Å². The molecular formula is C21H26N4O. The van der Waals surface area contributed by atoms with Crippen LogP contribution < -0.4 is 0 Å². The second-order valence-corrected chi connectivity index (χ2v) is 7.53. The molecule has 0 unspecified atom stereocenters. The van der Waals surface area contributed by atoms with Crippen LogP contribution >= 0.6 is 0 Å². The molecule has 0 atom stereocenters. The van der Waals surface area contributed by atoms with Crippen molar-refractivity contribution in [2.75, 3.05) is 13.1 Å². The molecule has 4 rings (SSSR count). The van der Waals surface area contributed by atoms with Gasteiger partial charge in [0.2, 0.25) is 5.91 Å². The number of rotatable bonds is 3. The van der Waals surface area contributed by atoms with Crippen molar-refractivity contribution >= 4 is 5.91 Å². The van der Waals surface area contributed by atoms with Crippen LogP contribution in [0.1, 0.15) is 56.0 Å². The summed E-state index contributed by atoms with van der Waals surface area (Å²) in [5.74, 6) is 1.85. The summed E-state index contributed by atoms with van der Waals surface area (Å²) in [5, 5.41) is 0. The molecule has 1 amide bonds. The van der Waals surface area contributed by atoms with Crippen LogP contribution in [0.2, 0.25) is 0 Å². The molecule has 3 heterocycles. The van der Waals surface area contributed by atoms with Crippen LogP contribution in [0.25, 0.3) is 11.1 Å². The van der Waals surface area contributed by atoms with Gasteiger partial charge >= 0.3 is 0 Å². The topological polar surface area (TPSA) is 59.0 Å². The lowest BCUT2D eigenvalue weighted by atomic mass is 9.88. The molecule has 0 N–H and O–H groups in total. The third-order valence-corrected chi connectivity index (χ3v) is 5.83. The van der Waals surface area contributed by atoms with Gasteiger partial charge in [0.25, 0.3) is 0 Å². The zero-order valence-corrected chi connectivity index (χ0v) is 15.4. The van der Waals surface area contributed by atoms with Crippen molar-refractivity contribution in [1.29, 1.82) is 0 Å². The fourth-order valence-electron chi connectivity index (χ4n) is 4.36. The van der Waals surface area contributed by atoms with E-state index in [2.05, 4.69) is 14.9 Å². The molecule has 136 valence electrons. The minimum Gasteiger partial charge on any atom is -0.342 e. The molecule has 1 saturated heterocycles. The van der Waals surface area contributed by atoms with Gasteiger partial charge in [0.1, 0.15) is 5.82 Å². The standard InChI is InChI=1S/C21H26N4O/c1-15-23-14-19(16-6-10-22-11-7-16)20(24-15)17-8-12-25(13-9-17)21(26)18-4-2-3-5-18/h6-7,10-11,14,17-18H,2-5,8-9,12-13H2,1H3. The zero-order chi connectivity index (χ0) is 17.9. The third kappa shape index (κ3) is 3.48. The molecule has 2 aromatic rings. The molecule has 2 aromatic heterocycles. The van der Waals surface area contributed by atoms with Crippen LogP contribution in [-0.4, -0.2) is 38.8 Å². The Balaban J connectivity index is 1.51. The number of hydrogen-bond donors (Lipinski definition) is 0. The second-order valence-electron chi connectivity index (χ2n) is 7.53. The van der Waals surface area contributed by atoms with Crippen LogP contribution in [0.4, 0.5) is 0 Å². The summed E-state index contributed by atoms with van der Waals surface area (Å²) >= 11 is 0. The molecule has 0 aromatic carbocycles. The number of aromatic nitrogens is 3. The summed E-state index contributed by atoms with van der Waals surface area (Å²) in [6.45, 7) is 3.64.